The van der Waals surface area contributed by atoms with E-state index in [9.17, 15) is 5.11 Å². The summed E-state index contributed by atoms with van der Waals surface area (Å²) >= 11 is 0. The van der Waals surface area contributed by atoms with Crippen LogP contribution < -0.4 is 16.0 Å². The van der Waals surface area contributed by atoms with E-state index in [0.29, 0.717) is 17.8 Å². The number of anilines is 6. The van der Waals surface area contributed by atoms with Crippen LogP contribution in [0.3, 0.4) is 0 Å². The lowest BCUT2D eigenvalue weighted by molar-refractivity contribution is 0.475. The van der Waals surface area contributed by atoms with E-state index in [0.717, 1.165) is 50.4 Å². The summed E-state index contributed by atoms with van der Waals surface area (Å²) in [7, 11) is 0. The Labute approximate surface area is 267 Å². The molecule has 222 valence electrons. The average molecular weight is 599 g/mol. The summed E-state index contributed by atoms with van der Waals surface area (Å²) in [4.78, 5) is 14.2. The van der Waals surface area contributed by atoms with E-state index in [4.69, 9.17) is 15.0 Å². The van der Waals surface area contributed by atoms with Gasteiger partial charge in [-0.15, -0.1) is 0 Å². The van der Waals surface area contributed by atoms with Crippen LogP contribution in [0.25, 0.3) is 33.4 Å². The molecule has 0 aliphatic heterocycles. The van der Waals surface area contributed by atoms with Gasteiger partial charge in [-0.05, 0) is 81.9 Å². The average Bonchev–Trinajstić information content (AvgIpc) is 3.10. The van der Waals surface area contributed by atoms with Crippen LogP contribution in [0, 0.1) is 0 Å². The number of phenols is 1. The summed E-state index contributed by atoms with van der Waals surface area (Å²) in [5, 5.41) is 19.8. The molecule has 0 spiro atoms. The van der Waals surface area contributed by atoms with Crippen molar-refractivity contribution in [2.45, 2.75) is 0 Å². The molecule has 0 unspecified atom stereocenters. The molecule has 0 atom stereocenters. The van der Waals surface area contributed by atoms with Crippen molar-refractivity contribution in [3.63, 3.8) is 0 Å². The van der Waals surface area contributed by atoms with E-state index in [1.165, 1.54) is 0 Å². The van der Waals surface area contributed by atoms with Gasteiger partial charge in [-0.3, -0.25) is 0 Å². The number of aromatic hydroxyl groups is 1. The zero-order valence-corrected chi connectivity index (χ0v) is 24.8. The van der Waals surface area contributed by atoms with Gasteiger partial charge in [-0.2, -0.15) is 15.0 Å². The third kappa shape index (κ3) is 6.85. The molecule has 0 saturated carbocycles. The zero-order chi connectivity index (χ0) is 31.1. The zero-order valence-electron chi connectivity index (χ0n) is 24.8. The second kappa shape index (κ2) is 13.0. The molecule has 0 amide bonds. The normalized spacial score (nSPS) is 10.7. The number of nitrogens with one attached hydrogen (secondary N) is 3. The lowest BCUT2D eigenvalue weighted by atomic mass is 10.1. The second-order valence-corrected chi connectivity index (χ2v) is 10.7. The largest absolute Gasteiger partial charge is 0.508 e. The van der Waals surface area contributed by atoms with Crippen LogP contribution in [-0.2, 0) is 0 Å². The highest BCUT2D eigenvalue weighted by Crippen LogP contribution is 2.29. The molecular formula is C39H30N6O. The third-order valence-electron chi connectivity index (χ3n) is 7.41. The molecule has 7 heteroatoms. The monoisotopic (exact) mass is 598 g/mol. The van der Waals surface area contributed by atoms with Crippen LogP contribution >= 0.6 is 0 Å². The Morgan fingerprint density at radius 2 is 0.652 bits per heavy atom. The predicted molar refractivity (Wildman–Crippen MR) is 187 cm³/mol. The highest BCUT2D eigenvalue weighted by molar-refractivity contribution is 5.73. The Hall–Kier alpha value is -6.47. The SMILES string of the molecule is Oc1ccc(-c2cccc(Nc3nc(Nc4cccc(-c5ccccc5)c4)nc(Nc4cccc(-c5ccccc5)c4)n3)c2)cc1. The van der Waals surface area contributed by atoms with Gasteiger partial charge in [-0.25, -0.2) is 0 Å². The summed E-state index contributed by atoms with van der Waals surface area (Å²) in [6.45, 7) is 0. The maximum Gasteiger partial charge on any atom is 0.233 e. The summed E-state index contributed by atoms with van der Waals surface area (Å²) in [5.41, 5.74) is 8.90. The number of hydrogen-bond donors (Lipinski definition) is 4. The molecule has 0 saturated heterocycles. The molecule has 4 N–H and O–H groups in total. The first-order valence-electron chi connectivity index (χ1n) is 14.9. The van der Waals surface area contributed by atoms with Gasteiger partial charge < -0.3 is 21.1 Å². The summed E-state index contributed by atoms with van der Waals surface area (Å²) in [6, 6.07) is 51.8. The van der Waals surface area contributed by atoms with E-state index >= 15 is 0 Å². The molecule has 46 heavy (non-hydrogen) atoms. The van der Waals surface area contributed by atoms with Crippen molar-refractivity contribution in [2.75, 3.05) is 16.0 Å². The second-order valence-electron chi connectivity index (χ2n) is 10.7. The molecule has 1 aromatic heterocycles. The predicted octanol–water partition coefficient (Wildman–Crippen LogP) is 9.81. The minimum absolute atomic E-state index is 0.229. The van der Waals surface area contributed by atoms with Crippen molar-refractivity contribution in [1.82, 2.24) is 15.0 Å². The number of phenolic OH excluding ortho intramolecular Hbond substituents is 1. The number of aromatic nitrogens is 3. The molecule has 0 aliphatic carbocycles. The Kier molecular flexibility index (Phi) is 8.02. The standard InChI is InChI=1S/C39H30N6O/c46-36-22-20-29(21-23-36)32-16-9-19-35(26-32)42-39-44-37(40-33-17-7-14-30(24-33)27-10-3-1-4-11-27)43-38(45-39)41-34-18-8-15-31(25-34)28-12-5-2-6-13-28/h1-26,46H,(H3,40,41,42,43,44,45). The highest BCUT2D eigenvalue weighted by Gasteiger charge is 2.11. The molecule has 0 bridgehead atoms. The van der Waals surface area contributed by atoms with Crippen molar-refractivity contribution in [3.8, 4) is 39.1 Å². The van der Waals surface area contributed by atoms with E-state index < -0.39 is 0 Å². The van der Waals surface area contributed by atoms with Crippen LogP contribution in [0.15, 0.2) is 158 Å². The van der Waals surface area contributed by atoms with Crippen LogP contribution in [0.1, 0.15) is 0 Å². The topological polar surface area (TPSA) is 95.0 Å². The third-order valence-corrected chi connectivity index (χ3v) is 7.41. The van der Waals surface area contributed by atoms with Crippen molar-refractivity contribution < 1.29 is 5.11 Å². The van der Waals surface area contributed by atoms with E-state index in [1.807, 2.05) is 97.1 Å². The molecule has 0 radical (unpaired) electrons. The summed E-state index contributed by atoms with van der Waals surface area (Å²) in [6.07, 6.45) is 0. The Morgan fingerprint density at radius 1 is 0.326 bits per heavy atom. The molecule has 1 heterocycles. The van der Waals surface area contributed by atoms with Gasteiger partial charge in [-0.1, -0.05) is 109 Å². The first kappa shape index (κ1) is 28.3. The van der Waals surface area contributed by atoms with Gasteiger partial charge in [0, 0.05) is 17.1 Å². The van der Waals surface area contributed by atoms with Gasteiger partial charge in [0.15, 0.2) is 0 Å². The Morgan fingerprint density at radius 3 is 1.02 bits per heavy atom. The molecule has 7 rings (SSSR count). The number of nitrogens with zero attached hydrogens (tertiary/aromatic N) is 3. The molecular weight excluding hydrogens is 568 g/mol. The maximum atomic E-state index is 9.72. The number of hydrogen-bond acceptors (Lipinski definition) is 7. The lowest BCUT2D eigenvalue weighted by Gasteiger charge is -2.13. The fourth-order valence-electron chi connectivity index (χ4n) is 5.18. The van der Waals surface area contributed by atoms with Crippen LogP contribution in [-0.4, -0.2) is 20.1 Å². The van der Waals surface area contributed by atoms with Gasteiger partial charge in [0.05, 0.1) is 0 Å². The van der Waals surface area contributed by atoms with E-state index in [2.05, 4.69) is 64.5 Å². The van der Waals surface area contributed by atoms with Crippen molar-refractivity contribution in [2.24, 2.45) is 0 Å². The van der Waals surface area contributed by atoms with Gasteiger partial charge in [0.2, 0.25) is 17.8 Å². The maximum absolute atomic E-state index is 9.72. The fourth-order valence-corrected chi connectivity index (χ4v) is 5.18. The summed E-state index contributed by atoms with van der Waals surface area (Å²) < 4.78 is 0. The highest BCUT2D eigenvalue weighted by atomic mass is 16.3. The smallest absolute Gasteiger partial charge is 0.233 e. The van der Waals surface area contributed by atoms with Crippen LogP contribution in [0.4, 0.5) is 34.9 Å². The molecule has 0 aliphatic rings. The molecule has 7 aromatic rings. The fraction of sp³-hybridized carbons (Fsp3) is 0. The quantitative estimate of drug-likeness (QED) is 0.131. The number of rotatable bonds is 9. The van der Waals surface area contributed by atoms with Crippen molar-refractivity contribution in [3.05, 3.63) is 158 Å². The van der Waals surface area contributed by atoms with Crippen LogP contribution in [0.2, 0.25) is 0 Å². The lowest BCUT2D eigenvalue weighted by Crippen LogP contribution is -2.07. The van der Waals surface area contributed by atoms with Crippen LogP contribution in [0.5, 0.6) is 5.75 Å². The summed E-state index contributed by atoms with van der Waals surface area (Å²) in [5.74, 6) is 1.38. The molecule has 6 aromatic carbocycles. The Bertz CT molecular complexity index is 1980. The van der Waals surface area contributed by atoms with E-state index in [1.54, 1.807) is 12.1 Å². The molecule has 0 fully saturated rings. The van der Waals surface area contributed by atoms with Crippen molar-refractivity contribution in [1.29, 1.82) is 0 Å². The van der Waals surface area contributed by atoms with Gasteiger partial charge >= 0.3 is 0 Å². The van der Waals surface area contributed by atoms with Gasteiger partial charge in [0.25, 0.3) is 0 Å². The first-order valence-corrected chi connectivity index (χ1v) is 14.9. The van der Waals surface area contributed by atoms with E-state index in [-0.39, 0.29) is 5.75 Å². The minimum atomic E-state index is 0.229. The molecule has 7 nitrogen and oxygen atoms in total. The first-order chi connectivity index (χ1) is 22.6. The van der Waals surface area contributed by atoms with Crippen molar-refractivity contribution >= 4 is 34.9 Å². The van der Waals surface area contributed by atoms with Gasteiger partial charge in [0.1, 0.15) is 5.75 Å². The Balaban J connectivity index is 1.21. The number of benzene rings is 6. The minimum Gasteiger partial charge on any atom is -0.508 e.